The molecule has 0 saturated carbocycles. The molecule has 0 aliphatic rings. The molecule has 154 valence electrons. The Morgan fingerprint density at radius 1 is 0.931 bits per heavy atom. The molecule has 1 unspecified atom stereocenters. The molecular weight excluding hydrogens is 366 g/mol. The number of likely N-dealkylation sites (N-methyl/N-ethyl adjacent to an activating group) is 2. The fourth-order valence-corrected chi connectivity index (χ4v) is 3.00. The molecule has 0 aromatic heterocycles. The van der Waals surface area contributed by atoms with Crippen LogP contribution in [-0.4, -0.2) is 60.1 Å². The number of nitrogens with zero attached hydrogens (tertiary/aromatic N) is 2. The number of rotatable bonds is 9. The quantitative estimate of drug-likeness (QED) is 0.663. The molecule has 2 amide bonds. The second kappa shape index (κ2) is 10.5. The summed E-state index contributed by atoms with van der Waals surface area (Å²) < 4.78 is 0. The molecule has 0 spiro atoms. The Bertz CT molecular complexity index is 847. The van der Waals surface area contributed by atoms with Crippen LogP contribution in [0.3, 0.4) is 0 Å². The molecule has 2 aromatic carbocycles. The number of benzene rings is 2. The number of nitrogens with one attached hydrogen (secondary N) is 1. The molecule has 0 radical (unpaired) electrons. The van der Waals surface area contributed by atoms with Crippen molar-refractivity contribution in [3.8, 4) is 0 Å². The molecule has 0 fully saturated rings. The Labute approximate surface area is 172 Å². The normalized spacial score (nSPS) is 11.8. The number of amides is 2. The van der Waals surface area contributed by atoms with Crippen LogP contribution in [-0.2, 0) is 9.59 Å². The van der Waals surface area contributed by atoms with Gasteiger partial charge in [0.15, 0.2) is 5.78 Å². The van der Waals surface area contributed by atoms with Crippen LogP contribution in [0.1, 0.15) is 36.7 Å². The first-order valence-electron chi connectivity index (χ1n) is 9.86. The van der Waals surface area contributed by atoms with E-state index in [4.69, 9.17) is 0 Å². The number of ketones is 1. The van der Waals surface area contributed by atoms with Crippen molar-refractivity contribution >= 4 is 23.3 Å². The Morgan fingerprint density at radius 2 is 1.52 bits per heavy atom. The van der Waals surface area contributed by atoms with Gasteiger partial charge >= 0.3 is 0 Å². The smallest absolute Gasteiger partial charge is 0.241 e. The summed E-state index contributed by atoms with van der Waals surface area (Å²) in [6.07, 6.45) is 0. The minimum absolute atomic E-state index is 0.0168. The maximum atomic E-state index is 12.8. The number of hydrogen-bond donors (Lipinski definition) is 1. The SMILES string of the molecule is CCN(CC)C(=O)CN(C)C(C)C(=O)Nc1ccccc1C(=O)c1ccccc1. The van der Waals surface area contributed by atoms with Crippen molar-refractivity contribution in [1.29, 1.82) is 0 Å². The standard InChI is InChI=1S/C23H29N3O3/c1-5-26(6-2)21(27)16-25(4)17(3)23(29)24-20-15-11-10-14-19(20)22(28)18-12-8-7-9-13-18/h7-15,17H,5-6,16H2,1-4H3,(H,24,29). The highest BCUT2D eigenvalue weighted by molar-refractivity contribution is 6.14. The Kier molecular flexibility index (Phi) is 8.09. The summed E-state index contributed by atoms with van der Waals surface area (Å²) >= 11 is 0. The van der Waals surface area contributed by atoms with Crippen LogP contribution >= 0.6 is 0 Å². The van der Waals surface area contributed by atoms with E-state index in [1.54, 1.807) is 72.3 Å². The van der Waals surface area contributed by atoms with Gasteiger partial charge in [0.1, 0.15) is 0 Å². The third-order valence-corrected chi connectivity index (χ3v) is 5.01. The second-order valence-electron chi connectivity index (χ2n) is 6.89. The van der Waals surface area contributed by atoms with Crippen LogP contribution in [0, 0.1) is 0 Å². The number of hydrogen-bond acceptors (Lipinski definition) is 4. The third kappa shape index (κ3) is 5.74. The van der Waals surface area contributed by atoms with Crippen molar-refractivity contribution in [2.75, 3.05) is 32.0 Å². The van der Waals surface area contributed by atoms with E-state index in [1.165, 1.54) is 0 Å². The van der Waals surface area contributed by atoms with Crippen LogP contribution in [0.2, 0.25) is 0 Å². The van der Waals surface area contributed by atoms with E-state index >= 15 is 0 Å². The molecule has 0 bridgehead atoms. The zero-order chi connectivity index (χ0) is 21.4. The first-order chi connectivity index (χ1) is 13.9. The summed E-state index contributed by atoms with van der Waals surface area (Å²) in [7, 11) is 1.74. The van der Waals surface area contributed by atoms with Crippen LogP contribution in [0.15, 0.2) is 54.6 Å². The van der Waals surface area contributed by atoms with Gasteiger partial charge in [0.05, 0.1) is 18.3 Å². The van der Waals surface area contributed by atoms with Gasteiger partial charge in [-0.1, -0.05) is 42.5 Å². The summed E-state index contributed by atoms with van der Waals surface area (Å²) in [4.78, 5) is 41.3. The van der Waals surface area contributed by atoms with Gasteiger partial charge in [-0.05, 0) is 40.0 Å². The molecule has 1 atom stereocenters. The first-order valence-corrected chi connectivity index (χ1v) is 9.86. The van der Waals surface area contributed by atoms with Crippen molar-refractivity contribution in [2.24, 2.45) is 0 Å². The zero-order valence-corrected chi connectivity index (χ0v) is 17.5. The lowest BCUT2D eigenvalue weighted by atomic mass is 10.0. The zero-order valence-electron chi connectivity index (χ0n) is 17.5. The summed E-state index contributed by atoms with van der Waals surface area (Å²) in [5, 5.41) is 2.85. The van der Waals surface area contributed by atoms with Crippen molar-refractivity contribution in [1.82, 2.24) is 9.80 Å². The van der Waals surface area contributed by atoms with E-state index in [2.05, 4.69) is 5.32 Å². The number of carbonyl (C=O) groups excluding carboxylic acids is 3. The highest BCUT2D eigenvalue weighted by atomic mass is 16.2. The highest BCUT2D eigenvalue weighted by Gasteiger charge is 2.23. The van der Waals surface area contributed by atoms with Crippen molar-refractivity contribution < 1.29 is 14.4 Å². The van der Waals surface area contributed by atoms with E-state index in [9.17, 15) is 14.4 Å². The van der Waals surface area contributed by atoms with Crippen molar-refractivity contribution in [3.63, 3.8) is 0 Å². The number of para-hydroxylation sites is 1. The minimum atomic E-state index is -0.533. The molecule has 2 rings (SSSR count). The van der Waals surface area contributed by atoms with Crippen molar-refractivity contribution in [3.05, 3.63) is 65.7 Å². The van der Waals surface area contributed by atoms with Gasteiger partial charge < -0.3 is 10.2 Å². The van der Waals surface area contributed by atoms with E-state index in [0.29, 0.717) is 29.9 Å². The molecular formula is C23H29N3O3. The Hall–Kier alpha value is -2.99. The van der Waals surface area contributed by atoms with Gasteiger partial charge in [-0.3, -0.25) is 19.3 Å². The summed E-state index contributed by atoms with van der Waals surface area (Å²) in [5.41, 5.74) is 1.45. The lowest BCUT2D eigenvalue weighted by Gasteiger charge is -2.27. The van der Waals surface area contributed by atoms with E-state index < -0.39 is 6.04 Å². The first kappa shape index (κ1) is 22.3. The van der Waals surface area contributed by atoms with Gasteiger partial charge in [-0.15, -0.1) is 0 Å². The largest absolute Gasteiger partial charge is 0.342 e. The summed E-state index contributed by atoms with van der Waals surface area (Å²) in [5.74, 6) is -0.441. The van der Waals surface area contributed by atoms with Gasteiger partial charge in [0, 0.05) is 24.2 Å². The van der Waals surface area contributed by atoms with Gasteiger partial charge in [0.25, 0.3) is 0 Å². The summed E-state index contributed by atoms with van der Waals surface area (Å²) in [6, 6.07) is 15.4. The van der Waals surface area contributed by atoms with E-state index in [-0.39, 0.29) is 24.1 Å². The molecule has 0 aliphatic carbocycles. The maximum Gasteiger partial charge on any atom is 0.241 e. The molecule has 6 nitrogen and oxygen atoms in total. The Morgan fingerprint density at radius 3 is 2.14 bits per heavy atom. The average molecular weight is 396 g/mol. The third-order valence-electron chi connectivity index (χ3n) is 5.01. The molecule has 0 aliphatic heterocycles. The summed E-state index contributed by atoms with van der Waals surface area (Å²) in [6.45, 7) is 7.03. The van der Waals surface area contributed by atoms with Gasteiger partial charge in [-0.2, -0.15) is 0 Å². The lowest BCUT2D eigenvalue weighted by molar-refractivity contribution is -0.133. The molecule has 0 heterocycles. The van der Waals surface area contributed by atoms with Crippen LogP contribution in [0.25, 0.3) is 0 Å². The van der Waals surface area contributed by atoms with E-state index in [1.807, 2.05) is 19.9 Å². The molecule has 29 heavy (non-hydrogen) atoms. The fraction of sp³-hybridized carbons (Fsp3) is 0.348. The lowest BCUT2D eigenvalue weighted by Crippen LogP contribution is -2.46. The van der Waals surface area contributed by atoms with E-state index in [0.717, 1.165) is 0 Å². The van der Waals surface area contributed by atoms with Gasteiger partial charge in [-0.25, -0.2) is 0 Å². The highest BCUT2D eigenvalue weighted by Crippen LogP contribution is 2.20. The molecule has 6 heteroatoms. The minimum Gasteiger partial charge on any atom is -0.342 e. The molecule has 2 aromatic rings. The average Bonchev–Trinajstić information content (AvgIpc) is 2.74. The second-order valence-corrected chi connectivity index (χ2v) is 6.89. The monoisotopic (exact) mass is 395 g/mol. The molecule has 1 N–H and O–H groups in total. The van der Waals surface area contributed by atoms with Crippen LogP contribution in [0.4, 0.5) is 5.69 Å². The predicted molar refractivity (Wildman–Crippen MR) is 115 cm³/mol. The number of carbonyl (C=O) groups is 3. The van der Waals surface area contributed by atoms with Gasteiger partial charge in [0.2, 0.25) is 11.8 Å². The Balaban J connectivity index is 2.11. The number of anilines is 1. The predicted octanol–water partition coefficient (Wildman–Crippen LogP) is 3.04. The van der Waals surface area contributed by atoms with Crippen LogP contribution in [0.5, 0.6) is 0 Å². The molecule has 0 saturated heterocycles. The topological polar surface area (TPSA) is 69.7 Å². The van der Waals surface area contributed by atoms with Crippen LogP contribution < -0.4 is 5.32 Å². The van der Waals surface area contributed by atoms with Crippen molar-refractivity contribution in [2.45, 2.75) is 26.8 Å². The fourth-order valence-electron chi connectivity index (χ4n) is 3.00. The maximum absolute atomic E-state index is 12.8.